The summed E-state index contributed by atoms with van der Waals surface area (Å²) in [7, 11) is 0. The van der Waals surface area contributed by atoms with E-state index in [4.69, 9.17) is 16.2 Å². The van der Waals surface area contributed by atoms with Gasteiger partial charge in [0.25, 0.3) is 0 Å². The van der Waals surface area contributed by atoms with Crippen molar-refractivity contribution >= 4 is 17.0 Å². The Bertz CT molecular complexity index is 890. The summed E-state index contributed by atoms with van der Waals surface area (Å²) < 4.78 is 7.54. The molecule has 6 heteroatoms. The zero-order chi connectivity index (χ0) is 22.0. The molecular weight excluding hydrogens is 388 g/mol. The number of rotatable bonds is 6. The van der Waals surface area contributed by atoms with Gasteiger partial charge in [-0.15, -0.1) is 0 Å². The fraction of sp³-hybridized carbons (Fsp3) is 0.640. The van der Waals surface area contributed by atoms with Crippen LogP contribution >= 0.6 is 0 Å². The maximum absolute atomic E-state index is 11.2. The first-order valence-electron chi connectivity index (χ1n) is 12.0. The summed E-state index contributed by atoms with van der Waals surface area (Å²) in [5, 5.41) is 1.11. The Labute approximate surface area is 185 Å². The zero-order valence-electron chi connectivity index (χ0n) is 19.1. The van der Waals surface area contributed by atoms with Gasteiger partial charge in [0.1, 0.15) is 5.75 Å². The lowest BCUT2D eigenvalue weighted by Crippen LogP contribution is -2.43. The number of nitrogens with two attached hydrogens (primary N) is 2. The second kappa shape index (κ2) is 9.61. The fourth-order valence-electron chi connectivity index (χ4n) is 5.80. The quantitative estimate of drug-likeness (QED) is 0.714. The minimum absolute atomic E-state index is 0.489. The average Bonchev–Trinajstić information content (AvgIpc) is 3.11. The Balaban J connectivity index is 1.45. The van der Waals surface area contributed by atoms with E-state index in [-0.39, 0.29) is 0 Å². The van der Waals surface area contributed by atoms with Gasteiger partial charge in [0.2, 0.25) is 0 Å². The van der Waals surface area contributed by atoms with E-state index in [0.29, 0.717) is 18.3 Å². The van der Waals surface area contributed by atoms with Crippen molar-refractivity contribution in [2.75, 3.05) is 19.6 Å². The van der Waals surface area contributed by atoms with Gasteiger partial charge in [-0.3, -0.25) is 0 Å². The topological polar surface area (TPSA) is 86.5 Å². The zero-order valence-corrected chi connectivity index (χ0v) is 19.1. The minimum Gasteiger partial charge on any atom is -0.410 e. The van der Waals surface area contributed by atoms with E-state index in [2.05, 4.69) is 29.5 Å². The number of aromatic nitrogens is 1. The van der Waals surface area contributed by atoms with Crippen LogP contribution in [0.4, 0.5) is 4.79 Å². The molecule has 1 saturated carbocycles. The molecule has 0 unspecified atom stereocenters. The molecule has 2 fully saturated rings. The number of nitrogens with zero attached hydrogens (tertiary/aromatic N) is 2. The predicted octanol–water partition coefficient (Wildman–Crippen LogP) is 4.45. The fourth-order valence-corrected chi connectivity index (χ4v) is 5.80. The molecule has 0 spiro atoms. The summed E-state index contributed by atoms with van der Waals surface area (Å²) in [6.07, 6.45) is 10.2. The predicted molar refractivity (Wildman–Crippen MR) is 125 cm³/mol. The van der Waals surface area contributed by atoms with E-state index in [1.54, 1.807) is 0 Å². The number of hydrogen-bond acceptors (Lipinski definition) is 4. The van der Waals surface area contributed by atoms with Gasteiger partial charge in [-0.1, -0.05) is 13.8 Å². The first-order chi connectivity index (χ1) is 15.0. The second-order valence-corrected chi connectivity index (χ2v) is 9.78. The van der Waals surface area contributed by atoms with Crippen LogP contribution in [0.2, 0.25) is 0 Å². The third-order valence-electron chi connectivity index (χ3n) is 7.61. The van der Waals surface area contributed by atoms with Crippen molar-refractivity contribution in [3.63, 3.8) is 0 Å². The molecule has 170 valence electrons. The summed E-state index contributed by atoms with van der Waals surface area (Å²) in [5.41, 5.74) is 13.5. The molecule has 2 heterocycles. The highest BCUT2D eigenvalue weighted by Crippen LogP contribution is 2.36. The normalized spacial score (nSPS) is 23.5. The van der Waals surface area contributed by atoms with Crippen LogP contribution in [0.5, 0.6) is 5.75 Å². The Hall–Kier alpha value is -2.05. The average molecular weight is 427 g/mol. The number of piperidine rings is 1. The molecule has 0 radical (unpaired) electrons. The number of benzene rings is 1. The van der Waals surface area contributed by atoms with Crippen molar-refractivity contribution in [1.82, 2.24) is 9.47 Å². The molecule has 1 aromatic heterocycles. The van der Waals surface area contributed by atoms with Gasteiger partial charge in [-0.05, 0) is 87.1 Å². The number of likely N-dealkylation sites (tertiary alicyclic amines) is 1. The van der Waals surface area contributed by atoms with Crippen molar-refractivity contribution in [3.05, 3.63) is 30.0 Å². The maximum atomic E-state index is 11.2. The Morgan fingerprint density at radius 1 is 1.10 bits per heavy atom. The van der Waals surface area contributed by atoms with Crippen LogP contribution in [0.25, 0.3) is 10.9 Å². The number of ether oxygens (including phenoxy) is 1. The summed E-state index contributed by atoms with van der Waals surface area (Å²) in [6.45, 7) is 7.70. The van der Waals surface area contributed by atoms with Crippen LogP contribution in [0.1, 0.15) is 64.0 Å². The molecule has 2 aromatic rings. The molecule has 1 saturated heterocycles. The Kier molecular flexibility index (Phi) is 6.87. The first kappa shape index (κ1) is 22.2. The van der Waals surface area contributed by atoms with E-state index in [1.165, 1.54) is 62.7 Å². The van der Waals surface area contributed by atoms with Crippen molar-refractivity contribution in [2.45, 2.75) is 70.9 Å². The van der Waals surface area contributed by atoms with Crippen LogP contribution < -0.4 is 16.2 Å². The molecule has 0 bridgehead atoms. The van der Waals surface area contributed by atoms with Crippen molar-refractivity contribution < 1.29 is 9.53 Å². The molecule has 31 heavy (non-hydrogen) atoms. The summed E-state index contributed by atoms with van der Waals surface area (Å²) in [4.78, 5) is 13.9. The van der Waals surface area contributed by atoms with Gasteiger partial charge < -0.3 is 25.7 Å². The molecule has 1 aliphatic heterocycles. The maximum Gasteiger partial charge on any atom is 0.409 e. The highest BCUT2D eigenvalue weighted by Gasteiger charge is 2.30. The number of primary amides is 1. The molecule has 1 amide bonds. The van der Waals surface area contributed by atoms with E-state index < -0.39 is 6.09 Å². The minimum atomic E-state index is -0.783. The van der Waals surface area contributed by atoms with Gasteiger partial charge >= 0.3 is 6.09 Å². The second-order valence-electron chi connectivity index (χ2n) is 9.78. The molecular formula is C25H38N4O2. The number of carbonyl (C=O) groups excluding carboxylic acids is 1. The standard InChI is InChI=1S/C25H38N4O2/c1-17(2)18-3-5-20(6-4-18)28-13-10-21(11-14-28)29-16-19(9-12-26)23-15-22(31-25(27)30)7-8-24(23)29/h7-8,15-18,20-21H,3-6,9-14,26H2,1-2H3,(H2,27,30)/t18-,20+. The van der Waals surface area contributed by atoms with Gasteiger partial charge in [0.05, 0.1) is 0 Å². The molecule has 1 aliphatic carbocycles. The number of amides is 1. The highest BCUT2D eigenvalue weighted by atomic mass is 16.5. The van der Waals surface area contributed by atoms with Crippen LogP contribution in [0, 0.1) is 11.8 Å². The highest BCUT2D eigenvalue weighted by molar-refractivity contribution is 5.86. The summed E-state index contributed by atoms with van der Waals surface area (Å²) in [6, 6.07) is 7.08. The number of fused-ring (bicyclic) bond motifs is 1. The molecule has 6 nitrogen and oxygen atoms in total. The monoisotopic (exact) mass is 426 g/mol. The van der Waals surface area contributed by atoms with Crippen molar-refractivity contribution in [3.8, 4) is 5.75 Å². The van der Waals surface area contributed by atoms with E-state index in [1.807, 2.05) is 18.2 Å². The molecule has 4 rings (SSSR count). The largest absolute Gasteiger partial charge is 0.410 e. The van der Waals surface area contributed by atoms with Crippen molar-refractivity contribution in [1.29, 1.82) is 0 Å². The lowest BCUT2D eigenvalue weighted by Gasteiger charge is -2.42. The molecule has 0 atom stereocenters. The van der Waals surface area contributed by atoms with Crippen molar-refractivity contribution in [2.24, 2.45) is 23.3 Å². The molecule has 2 aliphatic rings. The third-order valence-corrected chi connectivity index (χ3v) is 7.61. The van der Waals surface area contributed by atoms with E-state index in [0.717, 1.165) is 29.7 Å². The van der Waals surface area contributed by atoms with Crippen LogP contribution in [-0.2, 0) is 6.42 Å². The molecule has 1 aromatic carbocycles. The smallest absolute Gasteiger partial charge is 0.409 e. The lowest BCUT2D eigenvalue weighted by molar-refractivity contribution is 0.0894. The van der Waals surface area contributed by atoms with E-state index >= 15 is 0 Å². The number of carbonyl (C=O) groups is 1. The van der Waals surface area contributed by atoms with Gasteiger partial charge in [-0.25, -0.2) is 4.79 Å². The van der Waals surface area contributed by atoms with Gasteiger partial charge in [-0.2, -0.15) is 0 Å². The van der Waals surface area contributed by atoms with Crippen LogP contribution in [-0.4, -0.2) is 41.2 Å². The summed E-state index contributed by atoms with van der Waals surface area (Å²) in [5.74, 6) is 2.23. The van der Waals surface area contributed by atoms with Crippen LogP contribution in [0.3, 0.4) is 0 Å². The van der Waals surface area contributed by atoms with Crippen LogP contribution in [0.15, 0.2) is 24.4 Å². The van der Waals surface area contributed by atoms with Gasteiger partial charge in [0, 0.05) is 42.3 Å². The SMILES string of the molecule is CC(C)[C@H]1CC[C@@H](N2CCC(n3cc(CCN)c4cc(OC(N)=O)ccc43)CC2)CC1. The Morgan fingerprint density at radius 3 is 2.42 bits per heavy atom. The Morgan fingerprint density at radius 2 is 1.81 bits per heavy atom. The van der Waals surface area contributed by atoms with E-state index in [9.17, 15) is 4.79 Å². The first-order valence-corrected chi connectivity index (χ1v) is 12.0. The summed E-state index contributed by atoms with van der Waals surface area (Å²) >= 11 is 0. The number of hydrogen-bond donors (Lipinski definition) is 2. The van der Waals surface area contributed by atoms with Gasteiger partial charge in [0.15, 0.2) is 0 Å². The third kappa shape index (κ3) is 4.90. The lowest BCUT2D eigenvalue weighted by atomic mass is 9.79. The molecule has 4 N–H and O–H groups in total.